The molecule has 0 saturated carbocycles. The lowest BCUT2D eigenvalue weighted by Gasteiger charge is -2.09. The van der Waals surface area contributed by atoms with E-state index in [2.05, 4.69) is 0 Å². The summed E-state index contributed by atoms with van der Waals surface area (Å²) in [5, 5.41) is 8.10. The molecule has 0 aliphatic rings. The molecule has 2 atom stereocenters. The fourth-order valence-electron chi connectivity index (χ4n) is 1.27. The fourth-order valence-corrected chi connectivity index (χ4v) is 2.60. The third-order valence-electron chi connectivity index (χ3n) is 2.20. The van der Waals surface area contributed by atoms with E-state index in [1.54, 1.807) is 6.92 Å². The van der Waals surface area contributed by atoms with Gasteiger partial charge < -0.3 is 5.11 Å². The molecule has 0 radical (unpaired) electrons. The molecule has 0 fully saturated rings. The van der Waals surface area contributed by atoms with Crippen LogP contribution in [0.2, 0.25) is 5.02 Å². The molecule has 17 heavy (non-hydrogen) atoms. The number of hydrogen-bond donors (Lipinski definition) is 1. The Morgan fingerprint density at radius 1 is 1.59 bits per heavy atom. The summed E-state index contributed by atoms with van der Waals surface area (Å²) in [5.74, 6) is -1.34. The van der Waals surface area contributed by atoms with E-state index in [1.165, 1.54) is 18.2 Å². The molecule has 0 aliphatic carbocycles. The van der Waals surface area contributed by atoms with Gasteiger partial charge in [0.1, 0.15) is 5.82 Å². The summed E-state index contributed by atoms with van der Waals surface area (Å²) in [6.07, 6.45) is -0.151. The average Bonchev–Trinajstić information content (AvgIpc) is 2.22. The normalized spacial score (nSPS) is 14.3. The molecule has 6 heteroatoms. The van der Waals surface area contributed by atoms with Gasteiger partial charge in [-0.05, 0) is 17.7 Å². The molecule has 2 unspecified atom stereocenters. The van der Waals surface area contributed by atoms with Crippen LogP contribution in [0.15, 0.2) is 18.2 Å². The highest BCUT2D eigenvalue weighted by Crippen LogP contribution is 2.18. The predicted molar refractivity (Wildman–Crippen MR) is 65.0 cm³/mol. The molecule has 1 N–H and O–H groups in total. The zero-order chi connectivity index (χ0) is 13.0. The van der Waals surface area contributed by atoms with Gasteiger partial charge in [-0.15, -0.1) is 0 Å². The number of carboxylic acids is 1. The van der Waals surface area contributed by atoms with E-state index in [4.69, 9.17) is 16.7 Å². The summed E-state index contributed by atoms with van der Waals surface area (Å²) in [5.41, 5.74) is 0.631. The summed E-state index contributed by atoms with van der Waals surface area (Å²) in [6.45, 7) is 1.61. The molecule has 0 bridgehead atoms. The number of carbonyl (C=O) groups is 1. The van der Waals surface area contributed by atoms with Gasteiger partial charge in [0, 0.05) is 21.8 Å². The van der Waals surface area contributed by atoms with Crippen molar-refractivity contribution < 1.29 is 18.5 Å². The summed E-state index contributed by atoms with van der Waals surface area (Å²) >= 11 is 5.59. The quantitative estimate of drug-likeness (QED) is 0.901. The minimum Gasteiger partial charge on any atom is -0.481 e. The number of benzene rings is 1. The first-order chi connectivity index (χ1) is 7.90. The number of rotatable bonds is 5. The van der Waals surface area contributed by atoms with E-state index < -0.39 is 27.8 Å². The molecular weight excluding hydrogens is 267 g/mol. The Labute approximate surface area is 106 Å². The summed E-state index contributed by atoms with van der Waals surface area (Å²) in [6, 6.07) is 4.10. The molecule has 1 aromatic carbocycles. The molecule has 0 aromatic heterocycles. The molecule has 0 spiro atoms. The van der Waals surface area contributed by atoms with Gasteiger partial charge in [-0.3, -0.25) is 9.00 Å². The minimum atomic E-state index is -1.31. The van der Waals surface area contributed by atoms with Gasteiger partial charge in [0.25, 0.3) is 0 Å². The highest BCUT2D eigenvalue weighted by atomic mass is 35.5. The Morgan fingerprint density at radius 3 is 2.76 bits per heavy atom. The van der Waals surface area contributed by atoms with Gasteiger partial charge in [-0.25, -0.2) is 4.39 Å². The fraction of sp³-hybridized carbons (Fsp3) is 0.364. The van der Waals surface area contributed by atoms with Crippen molar-refractivity contribution in [3.63, 3.8) is 0 Å². The van der Waals surface area contributed by atoms with Crippen LogP contribution in [0.1, 0.15) is 18.9 Å². The van der Waals surface area contributed by atoms with Crippen LogP contribution in [-0.4, -0.2) is 20.5 Å². The number of hydrogen-bond acceptors (Lipinski definition) is 2. The summed E-state index contributed by atoms with van der Waals surface area (Å²) in [4.78, 5) is 10.5. The van der Waals surface area contributed by atoms with Crippen molar-refractivity contribution in [2.75, 3.05) is 0 Å². The third kappa shape index (κ3) is 4.44. The highest BCUT2D eigenvalue weighted by molar-refractivity contribution is 7.84. The van der Waals surface area contributed by atoms with E-state index >= 15 is 0 Å². The van der Waals surface area contributed by atoms with Crippen LogP contribution in [0.5, 0.6) is 0 Å². The molecule has 0 aliphatic heterocycles. The van der Waals surface area contributed by atoms with Gasteiger partial charge in [-0.2, -0.15) is 0 Å². The molecular formula is C11H12ClFO3S. The maximum Gasteiger partial charge on any atom is 0.304 e. The molecule has 94 valence electrons. The standard InChI is InChI=1S/C11H12ClFO3S/c1-7(4-11(14)15)17(16)6-8-2-3-10(13)9(12)5-8/h2-3,5,7H,4,6H2,1H3,(H,14,15). The monoisotopic (exact) mass is 278 g/mol. The lowest BCUT2D eigenvalue weighted by molar-refractivity contribution is -0.136. The first-order valence-corrected chi connectivity index (χ1v) is 6.69. The van der Waals surface area contributed by atoms with Gasteiger partial charge in [-0.1, -0.05) is 24.6 Å². The van der Waals surface area contributed by atoms with Crippen molar-refractivity contribution in [1.29, 1.82) is 0 Å². The average molecular weight is 279 g/mol. The van der Waals surface area contributed by atoms with Gasteiger partial charge in [0.15, 0.2) is 0 Å². The molecule has 3 nitrogen and oxygen atoms in total. The molecule has 1 rings (SSSR count). The van der Waals surface area contributed by atoms with E-state index in [-0.39, 0.29) is 17.2 Å². The molecule has 0 saturated heterocycles. The second-order valence-corrected chi connectivity index (χ2v) is 5.94. The van der Waals surface area contributed by atoms with E-state index in [0.717, 1.165) is 0 Å². The largest absolute Gasteiger partial charge is 0.481 e. The molecule has 1 aromatic rings. The second kappa shape index (κ2) is 6.12. The van der Waals surface area contributed by atoms with Crippen LogP contribution < -0.4 is 0 Å². The van der Waals surface area contributed by atoms with Crippen LogP contribution in [0.25, 0.3) is 0 Å². The van der Waals surface area contributed by atoms with Gasteiger partial charge >= 0.3 is 5.97 Å². The topological polar surface area (TPSA) is 54.4 Å². The maximum absolute atomic E-state index is 12.9. The Hall–Kier alpha value is -0.940. The van der Waals surface area contributed by atoms with E-state index in [9.17, 15) is 13.4 Å². The first-order valence-electron chi connectivity index (χ1n) is 4.93. The zero-order valence-corrected chi connectivity index (χ0v) is 10.7. The van der Waals surface area contributed by atoms with Crippen LogP contribution in [0.4, 0.5) is 4.39 Å². The minimum absolute atomic E-state index is 0.0228. The molecule has 0 amide bonds. The van der Waals surface area contributed by atoms with Crippen LogP contribution in [-0.2, 0) is 21.3 Å². The van der Waals surface area contributed by atoms with Gasteiger partial charge in [0.2, 0.25) is 0 Å². The van der Waals surface area contributed by atoms with Crippen LogP contribution in [0, 0.1) is 5.82 Å². The molecule has 0 heterocycles. The van der Waals surface area contributed by atoms with E-state index in [1.807, 2.05) is 0 Å². The van der Waals surface area contributed by atoms with Crippen molar-refractivity contribution >= 4 is 28.4 Å². The highest BCUT2D eigenvalue weighted by Gasteiger charge is 2.15. The van der Waals surface area contributed by atoms with E-state index in [0.29, 0.717) is 5.56 Å². The number of carboxylic acid groups (broad SMARTS) is 1. The van der Waals surface area contributed by atoms with Gasteiger partial charge in [0.05, 0.1) is 11.4 Å². The smallest absolute Gasteiger partial charge is 0.304 e. The maximum atomic E-state index is 12.9. The van der Waals surface area contributed by atoms with Crippen molar-refractivity contribution in [2.24, 2.45) is 0 Å². The lowest BCUT2D eigenvalue weighted by atomic mass is 10.2. The Morgan fingerprint density at radius 2 is 2.24 bits per heavy atom. The summed E-state index contributed by atoms with van der Waals surface area (Å²) in [7, 11) is -1.31. The van der Waals surface area contributed by atoms with Crippen molar-refractivity contribution in [1.82, 2.24) is 0 Å². The Kier molecular flexibility index (Phi) is 5.08. The number of aliphatic carboxylic acids is 1. The third-order valence-corrected chi connectivity index (χ3v) is 4.18. The zero-order valence-electron chi connectivity index (χ0n) is 9.15. The SMILES string of the molecule is CC(CC(=O)O)S(=O)Cc1ccc(F)c(Cl)c1. The van der Waals surface area contributed by atoms with Crippen molar-refractivity contribution in [3.8, 4) is 0 Å². The Bertz CT molecular complexity index is 450. The van der Waals surface area contributed by atoms with Crippen LogP contribution in [0.3, 0.4) is 0 Å². The summed E-state index contributed by atoms with van der Waals surface area (Å²) < 4.78 is 24.6. The first kappa shape index (κ1) is 14.1. The van der Waals surface area contributed by atoms with Crippen LogP contribution >= 0.6 is 11.6 Å². The Balaban J connectivity index is 2.67. The number of halogens is 2. The van der Waals surface area contributed by atoms with Crippen molar-refractivity contribution in [2.45, 2.75) is 24.3 Å². The second-order valence-electron chi connectivity index (χ2n) is 3.68. The lowest BCUT2D eigenvalue weighted by Crippen LogP contribution is -2.17. The van der Waals surface area contributed by atoms with Crippen molar-refractivity contribution in [3.05, 3.63) is 34.6 Å². The predicted octanol–water partition coefficient (Wildman–Crippen LogP) is 2.59.